The van der Waals surface area contributed by atoms with Crippen LogP contribution < -0.4 is 10.1 Å². The molecule has 5 heteroatoms. The number of halogens is 1. The Morgan fingerprint density at radius 2 is 1.68 bits per heavy atom. The summed E-state index contributed by atoms with van der Waals surface area (Å²) < 4.78 is 18.3. The van der Waals surface area contributed by atoms with Gasteiger partial charge in [-0.3, -0.25) is 9.69 Å². The highest BCUT2D eigenvalue weighted by atomic mass is 19.1. The predicted octanol–water partition coefficient (Wildman–Crippen LogP) is 4.28. The smallest absolute Gasteiger partial charge is 0.220 e. The van der Waals surface area contributed by atoms with Crippen LogP contribution in [-0.2, 0) is 4.79 Å². The Balaban J connectivity index is 1.60. The lowest BCUT2D eigenvalue weighted by atomic mass is 9.97. The molecular formula is C23H29FN2O2. The van der Waals surface area contributed by atoms with Gasteiger partial charge in [-0.1, -0.05) is 31.2 Å². The number of amides is 1. The largest absolute Gasteiger partial charge is 0.497 e. The maximum absolute atomic E-state index is 13.1. The molecule has 1 aliphatic rings. The van der Waals surface area contributed by atoms with Crippen LogP contribution in [0.25, 0.3) is 0 Å². The number of carbonyl (C=O) groups is 1. The van der Waals surface area contributed by atoms with Crippen molar-refractivity contribution in [1.29, 1.82) is 0 Å². The van der Waals surface area contributed by atoms with Crippen molar-refractivity contribution in [2.24, 2.45) is 0 Å². The van der Waals surface area contributed by atoms with E-state index in [2.05, 4.69) is 22.3 Å². The van der Waals surface area contributed by atoms with Gasteiger partial charge in [0.15, 0.2) is 0 Å². The maximum atomic E-state index is 13.1. The quantitative estimate of drug-likeness (QED) is 0.739. The zero-order valence-corrected chi connectivity index (χ0v) is 16.7. The first-order chi connectivity index (χ1) is 13.6. The number of rotatable bonds is 8. The Kier molecular flexibility index (Phi) is 7.04. The standard InChI is InChI=1S/C23H29FN2O2/c1-17(18-5-9-20(24)10-6-18)15-23(27)25-16-22(26-13-3-4-14-26)19-7-11-21(28-2)12-8-19/h5-12,17,22H,3-4,13-16H2,1-2H3,(H,25,27). The molecule has 4 nitrogen and oxygen atoms in total. The summed E-state index contributed by atoms with van der Waals surface area (Å²) in [5, 5.41) is 3.11. The van der Waals surface area contributed by atoms with Crippen LogP contribution in [0.5, 0.6) is 5.75 Å². The fourth-order valence-electron chi connectivity index (χ4n) is 3.81. The van der Waals surface area contributed by atoms with Gasteiger partial charge >= 0.3 is 0 Å². The van der Waals surface area contributed by atoms with Gasteiger partial charge in [0.2, 0.25) is 5.91 Å². The van der Waals surface area contributed by atoms with Gasteiger partial charge in [0.05, 0.1) is 13.2 Å². The van der Waals surface area contributed by atoms with Crippen LogP contribution in [0.1, 0.15) is 49.3 Å². The Labute approximate surface area is 166 Å². The van der Waals surface area contributed by atoms with E-state index >= 15 is 0 Å². The minimum Gasteiger partial charge on any atom is -0.497 e. The highest BCUT2D eigenvalue weighted by Crippen LogP contribution is 2.26. The van der Waals surface area contributed by atoms with E-state index in [0.717, 1.165) is 24.4 Å². The van der Waals surface area contributed by atoms with E-state index in [0.29, 0.717) is 13.0 Å². The number of carbonyl (C=O) groups excluding carboxylic acids is 1. The van der Waals surface area contributed by atoms with Crippen LogP contribution >= 0.6 is 0 Å². The van der Waals surface area contributed by atoms with E-state index in [-0.39, 0.29) is 23.7 Å². The van der Waals surface area contributed by atoms with Gasteiger partial charge in [0, 0.05) is 13.0 Å². The molecular weight excluding hydrogens is 355 g/mol. The first-order valence-corrected chi connectivity index (χ1v) is 9.97. The van der Waals surface area contributed by atoms with Crippen molar-refractivity contribution in [3.05, 3.63) is 65.5 Å². The monoisotopic (exact) mass is 384 g/mol. The second kappa shape index (κ2) is 9.69. The molecule has 2 atom stereocenters. The number of hydrogen-bond acceptors (Lipinski definition) is 3. The Morgan fingerprint density at radius 1 is 1.07 bits per heavy atom. The second-order valence-electron chi connectivity index (χ2n) is 7.49. The van der Waals surface area contributed by atoms with Crippen LogP contribution in [0.3, 0.4) is 0 Å². The van der Waals surface area contributed by atoms with Crippen molar-refractivity contribution in [3.63, 3.8) is 0 Å². The van der Waals surface area contributed by atoms with Gasteiger partial charge in [-0.2, -0.15) is 0 Å². The Morgan fingerprint density at radius 3 is 2.29 bits per heavy atom. The summed E-state index contributed by atoms with van der Waals surface area (Å²) in [6.07, 6.45) is 2.78. The third-order valence-electron chi connectivity index (χ3n) is 5.51. The number of benzene rings is 2. The molecule has 1 heterocycles. The number of likely N-dealkylation sites (tertiary alicyclic amines) is 1. The number of ether oxygens (including phenoxy) is 1. The third kappa shape index (κ3) is 5.32. The molecule has 2 aromatic rings. The fraction of sp³-hybridized carbons (Fsp3) is 0.435. The summed E-state index contributed by atoms with van der Waals surface area (Å²) in [4.78, 5) is 15.0. The van der Waals surface area contributed by atoms with Crippen LogP contribution in [0.15, 0.2) is 48.5 Å². The lowest BCUT2D eigenvalue weighted by Gasteiger charge is -2.28. The molecule has 0 bridgehead atoms. The predicted molar refractivity (Wildman–Crippen MR) is 109 cm³/mol. The number of nitrogens with zero attached hydrogens (tertiary/aromatic N) is 1. The molecule has 1 amide bonds. The van der Waals surface area contributed by atoms with Crippen LogP contribution in [0.4, 0.5) is 4.39 Å². The van der Waals surface area contributed by atoms with Crippen molar-refractivity contribution >= 4 is 5.91 Å². The van der Waals surface area contributed by atoms with E-state index in [1.807, 2.05) is 19.1 Å². The minimum absolute atomic E-state index is 0.0227. The Hall–Kier alpha value is -2.40. The van der Waals surface area contributed by atoms with Gasteiger partial charge in [-0.25, -0.2) is 4.39 Å². The van der Waals surface area contributed by atoms with Crippen molar-refractivity contribution in [2.45, 2.75) is 38.1 Å². The second-order valence-corrected chi connectivity index (χ2v) is 7.49. The molecule has 1 fully saturated rings. The third-order valence-corrected chi connectivity index (χ3v) is 5.51. The van der Waals surface area contributed by atoms with Gasteiger partial charge in [-0.15, -0.1) is 0 Å². The Bertz CT molecular complexity index is 755. The molecule has 0 radical (unpaired) electrons. The molecule has 150 valence electrons. The molecule has 1 saturated heterocycles. The minimum atomic E-state index is -0.256. The van der Waals surface area contributed by atoms with Crippen LogP contribution in [0, 0.1) is 5.82 Å². The molecule has 2 aromatic carbocycles. The van der Waals surface area contributed by atoms with Crippen LogP contribution in [-0.4, -0.2) is 37.6 Å². The van der Waals surface area contributed by atoms with Gasteiger partial charge in [0.1, 0.15) is 11.6 Å². The van der Waals surface area contributed by atoms with Crippen molar-refractivity contribution in [1.82, 2.24) is 10.2 Å². The summed E-state index contributed by atoms with van der Waals surface area (Å²) in [6.45, 7) is 4.69. The van der Waals surface area contributed by atoms with Crippen molar-refractivity contribution < 1.29 is 13.9 Å². The molecule has 0 aliphatic carbocycles. The molecule has 0 saturated carbocycles. The van der Waals surface area contributed by atoms with E-state index in [1.54, 1.807) is 19.2 Å². The van der Waals surface area contributed by atoms with Gasteiger partial charge in [-0.05, 0) is 67.2 Å². The highest BCUT2D eigenvalue weighted by Gasteiger charge is 2.24. The number of nitrogens with one attached hydrogen (secondary N) is 1. The molecule has 1 aliphatic heterocycles. The normalized spacial score (nSPS) is 16.5. The van der Waals surface area contributed by atoms with Crippen LogP contribution in [0.2, 0.25) is 0 Å². The highest BCUT2D eigenvalue weighted by molar-refractivity contribution is 5.76. The molecule has 0 spiro atoms. The van der Waals surface area contributed by atoms with Crippen molar-refractivity contribution in [2.75, 3.05) is 26.7 Å². The fourth-order valence-corrected chi connectivity index (χ4v) is 3.81. The van der Waals surface area contributed by atoms with Gasteiger partial charge < -0.3 is 10.1 Å². The molecule has 3 rings (SSSR count). The van der Waals surface area contributed by atoms with E-state index < -0.39 is 0 Å². The van der Waals surface area contributed by atoms with E-state index in [1.165, 1.54) is 30.5 Å². The molecule has 28 heavy (non-hydrogen) atoms. The average molecular weight is 384 g/mol. The number of hydrogen-bond donors (Lipinski definition) is 1. The maximum Gasteiger partial charge on any atom is 0.220 e. The molecule has 1 N–H and O–H groups in total. The number of methoxy groups -OCH3 is 1. The topological polar surface area (TPSA) is 41.6 Å². The zero-order chi connectivity index (χ0) is 19.9. The van der Waals surface area contributed by atoms with E-state index in [4.69, 9.17) is 4.74 Å². The molecule has 0 aromatic heterocycles. The summed E-state index contributed by atoms with van der Waals surface area (Å²) in [5.74, 6) is 0.649. The lowest BCUT2D eigenvalue weighted by molar-refractivity contribution is -0.121. The first kappa shape index (κ1) is 20.3. The van der Waals surface area contributed by atoms with Crippen molar-refractivity contribution in [3.8, 4) is 5.75 Å². The SMILES string of the molecule is COc1ccc(C(CNC(=O)CC(C)c2ccc(F)cc2)N2CCCC2)cc1. The first-order valence-electron chi connectivity index (χ1n) is 9.97. The lowest BCUT2D eigenvalue weighted by Crippen LogP contribution is -2.37. The molecule has 2 unspecified atom stereocenters. The summed E-state index contributed by atoms with van der Waals surface area (Å²) in [7, 11) is 1.66. The summed E-state index contributed by atoms with van der Waals surface area (Å²) in [5.41, 5.74) is 2.16. The average Bonchev–Trinajstić information content (AvgIpc) is 3.23. The zero-order valence-electron chi connectivity index (χ0n) is 16.7. The van der Waals surface area contributed by atoms with Gasteiger partial charge in [0.25, 0.3) is 0 Å². The summed E-state index contributed by atoms with van der Waals surface area (Å²) in [6, 6.07) is 14.6. The van der Waals surface area contributed by atoms with E-state index in [9.17, 15) is 9.18 Å². The summed E-state index contributed by atoms with van der Waals surface area (Å²) >= 11 is 0.